The van der Waals surface area contributed by atoms with Crippen molar-refractivity contribution in [2.24, 2.45) is 5.41 Å². The van der Waals surface area contributed by atoms with E-state index in [9.17, 15) is 14.7 Å². The summed E-state index contributed by atoms with van der Waals surface area (Å²) in [4.78, 5) is 25.9. The molecule has 1 amide bonds. The monoisotopic (exact) mass is 412 g/mol. The number of carbonyl (C=O) groups is 2. The lowest BCUT2D eigenvalue weighted by Crippen LogP contribution is -2.44. The molecule has 2 unspecified atom stereocenters. The van der Waals surface area contributed by atoms with Crippen molar-refractivity contribution >= 4 is 11.9 Å². The molecule has 3 heterocycles. The van der Waals surface area contributed by atoms with Gasteiger partial charge in [0.25, 0.3) is 5.91 Å². The topological polar surface area (TPSA) is 78.9 Å². The molecule has 1 spiro atoms. The van der Waals surface area contributed by atoms with E-state index in [1.807, 2.05) is 4.90 Å². The van der Waals surface area contributed by atoms with Crippen LogP contribution in [-0.2, 0) is 14.3 Å². The van der Waals surface area contributed by atoms with E-state index in [0.29, 0.717) is 17.8 Å². The highest BCUT2D eigenvalue weighted by molar-refractivity contribution is 5.81. The van der Waals surface area contributed by atoms with E-state index >= 15 is 0 Å². The molecule has 1 saturated carbocycles. The van der Waals surface area contributed by atoms with Crippen molar-refractivity contribution in [3.8, 4) is 0 Å². The summed E-state index contributed by atoms with van der Waals surface area (Å²) in [5, 5.41) is 12.6. The maximum atomic E-state index is 12.6. The van der Waals surface area contributed by atoms with Crippen LogP contribution in [0.4, 0.5) is 0 Å². The van der Waals surface area contributed by atoms with Gasteiger partial charge in [-0.25, -0.2) is 0 Å². The number of nitrogens with one attached hydrogen (secondary N) is 1. The number of ether oxygens (including phenoxy) is 1. The van der Waals surface area contributed by atoms with Gasteiger partial charge in [0, 0.05) is 25.7 Å². The van der Waals surface area contributed by atoms with Gasteiger partial charge in [-0.05, 0) is 73.8 Å². The van der Waals surface area contributed by atoms with E-state index in [4.69, 9.17) is 4.74 Å². The van der Waals surface area contributed by atoms with E-state index in [2.05, 4.69) is 29.6 Å². The number of hydrogen-bond donors (Lipinski definition) is 2. The van der Waals surface area contributed by atoms with Crippen molar-refractivity contribution in [3.05, 3.63) is 35.4 Å². The predicted octanol–water partition coefficient (Wildman–Crippen LogP) is 3.23. The van der Waals surface area contributed by atoms with Crippen LogP contribution in [0.1, 0.15) is 74.5 Å². The van der Waals surface area contributed by atoms with Gasteiger partial charge in [0.15, 0.2) is 0 Å². The third-order valence-electron chi connectivity index (χ3n) is 7.89. The summed E-state index contributed by atoms with van der Waals surface area (Å²) in [5.74, 6) is 0.0433. The van der Waals surface area contributed by atoms with Crippen LogP contribution in [-0.4, -0.2) is 53.7 Å². The fourth-order valence-corrected chi connectivity index (χ4v) is 5.87. The van der Waals surface area contributed by atoms with Gasteiger partial charge >= 0.3 is 5.97 Å². The Labute approximate surface area is 178 Å². The quantitative estimate of drug-likeness (QED) is 0.794. The molecule has 4 fully saturated rings. The lowest BCUT2D eigenvalue weighted by atomic mass is 9.87. The third-order valence-corrected chi connectivity index (χ3v) is 7.89. The second-order valence-electron chi connectivity index (χ2n) is 9.65. The summed E-state index contributed by atoms with van der Waals surface area (Å²) in [5.41, 5.74) is 2.95. The molecule has 2 N–H and O–H groups in total. The number of hydrogen-bond acceptors (Lipinski definition) is 4. The van der Waals surface area contributed by atoms with Crippen LogP contribution >= 0.6 is 0 Å². The minimum atomic E-state index is -0.749. The fraction of sp³-hybridized carbons (Fsp3) is 0.667. The van der Waals surface area contributed by atoms with Crippen molar-refractivity contribution in [2.45, 2.75) is 75.5 Å². The Balaban J connectivity index is 1.17. The molecule has 1 aliphatic carbocycles. The zero-order chi connectivity index (χ0) is 20.7. The number of carbonyl (C=O) groups excluding carboxylic acids is 1. The molecule has 30 heavy (non-hydrogen) atoms. The minimum Gasteiger partial charge on any atom is -0.480 e. The Kier molecular flexibility index (Phi) is 5.31. The SMILES string of the molecule is O=C(O)C1CCCC(c2ccc([C@H]3CC34CCN(C(=O)[C@H]3CCCO3)CC4)cc2)N1. The van der Waals surface area contributed by atoms with Crippen LogP contribution < -0.4 is 5.32 Å². The summed E-state index contributed by atoms with van der Waals surface area (Å²) >= 11 is 0. The molecule has 0 radical (unpaired) electrons. The van der Waals surface area contributed by atoms with Crippen molar-refractivity contribution in [3.63, 3.8) is 0 Å². The smallest absolute Gasteiger partial charge is 0.320 e. The third kappa shape index (κ3) is 3.76. The second kappa shape index (κ2) is 7.97. The number of amides is 1. The highest BCUT2D eigenvalue weighted by Gasteiger charge is 2.55. The van der Waals surface area contributed by atoms with Gasteiger partial charge in [-0.2, -0.15) is 0 Å². The first kappa shape index (κ1) is 20.0. The van der Waals surface area contributed by atoms with Crippen molar-refractivity contribution < 1.29 is 19.4 Å². The first-order chi connectivity index (χ1) is 14.6. The molecular weight excluding hydrogens is 380 g/mol. The normalized spacial score (nSPS) is 32.9. The Morgan fingerprint density at radius 1 is 1.03 bits per heavy atom. The summed E-state index contributed by atoms with van der Waals surface area (Å²) in [6.45, 7) is 2.44. The van der Waals surface area contributed by atoms with Gasteiger partial charge in [0.1, 0.15) is 12.1 Å². The molecule has 6 nitrogen and oxygen atoms in total. The summed E-state index contributed by atoms with van der Waals surface area (Å²) in [6.07, 6.45) is 7.71. The number of rotatable bonds is 4. The maximum Gasteiger partial charge on any atom is 0.320 e. The maximum absolute atomic E-state index is 12.6. The van der Waals surface area contributed by atoms with Crippen LogP contribution in [0.25, 0.3) is 0 Å². The van der Waals surface area contributed by atoms with E-state index in [1.54, 1.807) is 0 Å². The van der Waals surface area contributed by atoms with Crippen LogP contribution in [0.3, 0.4) is 0 Å². The Morgan fingerprint density at radius 3 is 2.43 bits per heavy atom. The Morgan fingerprint density at radius 2 is 1.77 bits per heavy atom. The van der Waals surface area contributed by atoms with Crippen molar-refractivity contribution in [2.75, 3.05) is 19.7 Å². The molecule has 6 heteroatoms. The minimum absolute atomic E-state index is 0.133. The Bertz CT molecular complexity index is 794. The number of benzene rings is 1. The van der Waals surface area contributed by atoms with Gasteiger partial charge < -0.3 is 14.7 Å². The molecule has 1 aromatic carbocycles. The first-order valence-corrected chi connectivity index (χ1v) is 11.5. The molecule has 3 saturated heterocycles. The molecule has 3 aliphatic heterocycles. The van der Waals surface area contributed by atoms with Crippen LogP contribution in [0, 0.1) is 5.41 Å². The Hall–Kier alpha value is -1.92. The number of carboxylic acids is 1. The number of piperidine rings is 2. The zero-order valence-corrected chi connectivity index (χ0v) is 17.5. The van der Waals surface area contributed by atoms with Gasteiger partial charge in [-0.15, -0.1) is 0 Å². The highest BCUT2D eigenvalue weighted by Crippen LogP contribution is 2.65. The number of carboxylic acid groups (broad SMARTS) is 1. The average Bonchev–Trinajstić information content (AvgIpc) is 3.20. The van der Waals surface area contributed by atoms with E-state index < -0.39 is 12.0 Å². The summed E-state index contributed by atoms with van der Waals surface area (Å²) in [7, 11) is 0. The standard InChI is InChI=1S/C24H32N2O4/c27-22(21-5-2-14-30-21)26-12-10-24(11-13-26)15-18(24)16-6-8-17(9-7-16)19-3-1-4-20(25-19)23(28)29/h6-9,18-21,25H,1-5,10-15H2,(H,28,29)/t18-,19?,20?,21-/m1/s1. The molecule has 4 aliphatic rings. The number of nitrogens with zero attached hydrogens (tertiary/aromatic N) is 1. The summed E-state index contributed by atoms with van der Waals surface area (Å²) < 4.78 is 5.58. The van der Waals surface area contributed by atoms with E-state index in [-0.39, 0.29) is 18.1 Å². The summed E-state index contributed by atoms with van der Waals surface area (Å²) in [6, 6.07) is 8.54. The van der Waals surface area contributed by atoms with Crippen LogP contribution in [0.2, 0.25) is 0 Å². The molecule has 0 bridgehead atoms. The van der Waals surface area contributed by atoms with E-state index in [0.717, 1.165) is 58.2 Å². The molecule has 0 aromatic heterocycles. The largest absolute Gasteiger partial charge is 0.480 e. The molecule has 1 aromatic rings. The number of likely N-dealkylation sites (tertiary alicyclic amines) is 1. The molecule has 162 valence electrons. The number of aliphatic carboxylic acids is 1. The van der Waals surface area contributed by atoms with Crippen molar-refractivity contribution in [1.82, 2.24) is 10.2 Å². The van der Waals surface area contributed by atoms with Gasteiger partial charge in [-0.1, -0.05) is 24.3 Å². The second-order valence-corrected chi connectivity index (χ2v) is 9.65. The highest BCUT2D eigenvalue weighted by atomic mass is 16.5. The predicted molar refractivity (Wildman–Crippen MR) is 112 cm³/mol. The first-order valence-electron chi connectivity index (χ1n) is 11.5. The van der Waals surface area contributed by atoms with Gasteiger partial charge in [0.05, 0.1) is 0 Å². The van der Waals surface area contributed by atoms with E-state index in [1.165, 1.54) is 17.5 Å². The lowest BCUT2D eigenvalue weighted by molar-refractivity contribution is -0.142. The lowest BCUT2D eigenvalue weighted by Gasteiger charge is -2.34. The zero-order valence-electron chi connectivity index (χ0n) is 17.5. The fourth-order valence-electron chi connectivity index (χ4n) is 5.87. The molecule has 5 rings (SSSR count). The molecular formula is C24H32N2O4. The van der Waals surface area contributed by atoms with Crippen LogP contribution in [0.15, 0.2) is 24.3 Å². The van der Waals surface area contributed by atoms with Gasteiger partial charge in [0.2, 0.25) is 0 Å². The average molecular weight is 413 g/mol. The van der Waals surface area contributed by atoms with Gasteiger partial charge in [-0.3, -0.25) is 14.9 Å². The molecule has 4 atom stereocenters. The van der Waals surface area contributed by atoms with Crippen LogP contribution in [0.5, 0.6) is 0 Å². The van der Waals surface area contributed by atoms with Crippen molar-refractivity contribution in [1.29, 1.82) is 0 Å².